The molecule has 0 radical (unpaired) electrons. The normalized spacial score (nSPS) is 13.9. The van der Waals surface area contributed by atoms with Gasteiger partial charge in [0, 0.05) is 17.8 Å². The van der Waals surface area contributed by atoms with E-state index in [4.69, 9.17) is 21.1 Å². The Labute approximate surface area is 139 Å². The minimum absolute atomic E-state index is 0.458. The molecule has 0 fully saturated rings. The third-order valence-electron chi connectivity index (χ3n) is 3.18. The lowest BCUT2D eigenvalue weighted by Gasteiger charge is -2.09. The van der Waals surface area contributed by atoms with Crippen molar-refractivity contribution < 1.29 is 9.47 Å². The molecule has 0 bridgehead atoms. The lowest BCUT2D eigenvalue weighted by Crippen LogP contribution is -2.00. The van der Waals surface area contributed by atoms with Gasteiger partial charge in [0.25, 0.3) is 0 Å². The van der Waals surface area contributed by atoms with Gasteiger partial charge in [-0.15, -0.1) is 0 Å². The summed E-state index contributed by atoms with van der Waals surface area (Å²) in [6, 6.07) is 5.53. The zero-order valence-electron chi connectivity index (χ0n) is 13.0. The summed E-state index contributed by atoms with van der Waals surface area (Å²) in [5.41, 5.74) is 5.39. The van der Waals surface area contributed by atoms with Gasteiger partial charge in [-0.2, -0.15) is 5.10 Å². The number of hydrazone groups is 1. The van der Waals surface area contributed by atoms with Crippen LogP contribution in [0.15, 0.2) is 23.3 Å². The highest BCUT2D eigenvalue weighted by atomic mass is 35.5. The molecule has 0 unspecified atom stereocenters. The summed E-state index contributed by atoms with van der Waals surface area (Å²) in [7, 11) is 0. The van der Waals surface area contributed by atoms with Gasteiger partial charge in [0.2, 0.25) is 5.95 Å². The van der Waals surface area contributed by atoms with Crippen molar-refractivity contribution in [2.24, 2.45) is 5.10 Å². The van der Waals surface area contributed by atoms with E-state index in [0.717, 1.165) is 23.4 Å². The van der Waals surface area contributed by atoms with Crippen molar-refractivity contribution in [3.8, 4) is 11.5 Å². The standard InChI is InChI=1S/C16H17ClN4O2/c1-10-6-11(2)20-16(19-10)21-18-9-12-7-13(17)15-14(8-12)22-4-3-5-23-15/h6-9H,3-5H2,1-2H3,(H,19,20,21)/b18-9-. The number of halogens is 1. The summed E-state index contributed by atoms with van der Waals surface area (Å²) in [6.07, 6.45) is 2.47. The van der Waals surface area contributed by atoms with Gasteiger partial charge in [0.1, 0.15) is 0 Å². The molecule has 1 aromatic heterocycles. The maximum absolute atomic E-state index is 6.25. The molecule has 23 heavy (non-hydrogen) atoms. The second-order valence-electron chi connectivity index (χ2n) is 5.22. The Balaban J connectivity index is 1.77. The largest absolute Gasteiger partial charge is 0.489 e. The second kappa shape index (κ2) is 6.83. The van der Waals surface area contributed by atoms with Gasteiger partial charge in [-0.25, -0.2) is 15.4 Å². The first kappa shape index (κ1) is 15.6. The molecule has 6 nitrogen and oxygen atoms in total. The molecule has 3 rings (SSSR count). The summed E-state index contributed by atoms with van der Waals surface area (Å²) >= 11 is 6.25. The smallest absolute Gasteiger partial charge is 0.243 e. The van der Waals surface area contributed by atoms with Crippen LogP contribution in [0, 0.1) is 13.8 Å². The predicted octanol–water partition coefficient (Wildman–Crippen LogP) is 3.35. The van der Waals surface area contributed by atoms with Crippen LogP contribution in [0.25, 0.3) is 0 Å². The van der Waals surface area contributed by atoms with Gasteiger partial charge in [-0.3, -0.25) is 0 Å². The SMILES string of the molecule is Cc1cc(C)nc(N/N=C\c2cc(Cl)c3c(c2)OCCCO3)n1. The maximum Gasteiger partial charge on any atom is 0.243 e. The van der Waals surface area contributed by atoms with Crippen LogP contribution in [-0.4, -0.2) is 29.4 Å². The van der Waals surface area contributed by atoms with Crippen molar-refractivity contribution in [1.29, 1.82) is 0 Å². The Morgan fingerprint density at radius 3 is 2.65 bits per heavy atom. The van der Waals surface area contributed by atoms with E-state index in [9.17, 15) is 0 Å². The molecule has 1 aromatic carbocycles. The summed E-state index contributed by atoms with van der Waals surface area (Å²) in [5, 5.41) is 4.66. The molecule has 0 spiro atoms. The molecule has 0 atom stereocenters. The number of ether oxygens (including phenoxy) is 2. The minimum atomic E-state index is 0.458. The number of anilines is 1. The monoisotopic (exact) mass is 332 g/mol. The molecule has 2 aromatic rings. The quantitative estimate of drug-likeness (QED) is 0.689. The number of fused-ring (bicyclic) bond motifs is 1. The molecule has 0 amide bonds. The van der Waals surface area contributed by atoms with Crippen molar-refractivity contribution in [3.05, 3.63) is 40.2 Å². The van der Waals surface area contributed by atoms with Crippen LogP contribution in [-0.2, 0) is 0 Å². The number of benzene rings is 1. The van der Waals surface area contributed by atoms with Gasteiger partial charge in [0.05, 0.1) is 24.5 Å². The lowest BCUT2D eigenvalue weighted by molar-refractivity contribution is 0.297. The summed E-state index contributed by atoms with van der Waals surface area (Å²) in [5.74, 6) is 1.69. The Morgan fingerprint density at radius 2 is 1.87 bits per heavy atom. The van der Waals surface area contributed by atoms with Crippen LogP contribution in [0.1, 0.15) is 23.4 Å². The van der Waals surface area contributed by atoms with Crippen LogP contribution in [0.4, 0.5) is 5.95 Å². The Hall–Kier alpha value is -2.34. The topological polar surface area (TPSA) is 68.6 Å². The highest BCUT2D eigenvalue weighted by Crippen LogP contribution is 2.37. The van der Waals surface area contributed by atoms with Gasteiger partial charge in [0.15, 0.2) is 11.5 Å². The van der Waals surface area contributed by atoms with Gasteiger partial charge in [-0.1, -0.05) is 11.6 Å². The van der Waals surface area contributed by atoms with E-state index in [2.05, 4.69) is 20.5 Å². The van der Waals surface area contributed by atoms with Crippen LogP contribution in [0.2, 0.25) is 5.02 Å². The maximum atomic E-state index is 6.25. The Kier molecular flexibility index (Phi) is 4.62. The van der Waals surface area contributed by atoms with Gasteiger partial charge in [-0.05, 0) is 37.6 Å². The highest BCUT2D eigenvalue weighted by Gasteiger charge is 2.15. The van der Waals surface area contributed by atoms with E-state index < -0.39 is 0 Å². The molecule has 1 N–H and O–H groups in total. The van der Waals surface area contributed by atoms with E-state index in [0.29, 0.717) is 35.7 Å². The fourth-order valence-electron chi connectivity index (χ4n) is 2.27. The summed E-state index contributed by atoms with van der Waals surface area (Å²) < 4.78 is 11.2. The number of nitrogens with zero attached hydrogens (tertiary/aromatic N) is 3. The van der Waals surface area contributed by atoms with E-state index in [1.807, 2.05) is 26.0 Å². The van der Waals surface area contributed by atoms with Crippen LogP contribution in [0.3, 0.4) is 0 Å². The predicted molar refractivity (Wildman–Crippen MR) is 89.8 cm³/mol. The van der Waals surface area contributed by atoms with Crippen molar-refractivity contribution in [2.45, 2.75) is 20.3 Å². The second-order valence-corrected chi connectivity index (χ2v) is 5.63. The average Bonchev–Trinajstić information content (AvgIpc) is 2.72. The molecule has 0 saturated carbocycles. The van der Waals surface area contributed by atoms with E-state index >= 15 is 0 Å². The summed E-state index contributed by atoms with van der Waals surface area (Å²) in [6.45, 7) is 5.03. The fraction of sp³-hybridized carbons (Fsp3) is 0.312. The first-order chi connectivity index (χ1) is 11.1. The number of aromatic nitrogens is 2. The molecule has 7 heteroatoms. The molecular weight excluding hydrogens is 316 g/mol. The van der Waals surface area contributed by atoms with Crippen molar-refractivity contribution >= 4 is 23.8 Å². The Morgan fingerprint density at radius 1 is 1.13 bits per heavy atom. The molecule has 0 aliphatic carbocycles. The number of hydrogen-bond acceptors (Lipinski definition) is 6. The molecule has 1 aliphatic heterocycles. The number of aryl methyl sites for hydroxylation is 2. The number of rotatable bonds is 3. The molecule has 2 heterocycles. The fourth-order valence-corrected chi connectivity index (χ4v) is 2.54. The zero-order chi connectivity index (χ0) is 16.2. The number of hydrogen-bond donors (Lipinski definition) is 1. The molecule has 0 saturated heterocycles. The lowest BCUT2D eigenvalue weighted by atomic mass is 10.2. The average molecular weight is 333 g/mol. The van der Waals surface area contributed by atoms with Crippen molar-refractivity contribution in [3.63, 3.8) is 0 Å². The van der Waals surface area contributed by atoms with Crippen molar-refractivity contribution in [2.75, 3.05) is 18.6 Å². The van der Waals surface area contributed by atoms with Crippen LogP contribution >= 0.6 is 11.6 Å². The molecular formula is C16H17ClN4O2. The van der Waals surface area contributed by atoms with Crippen molar-refractivity contribution in [1.82, 2.24) is 9.97 Å². The van der Waals surface area contributed by atoms with Crippen LogP contribution in [0.5, 0.6) is 11.5 Å². The third-order valence-corrected chi connectivity index (χ3v) is 3.47. The molecule has 120 valence electrons. The molecule has 1 aliphatic rings. The van der Waals surface area contributed by atoms with Gasteiger partial charge >= 0.3 is 0 Å². The van der Waals surface area contributed by atoms with E-state index in [1.54, 1.807) is 12.3 Å². The summed E-state index contributed by atoms with van der Waals surface area (Å²) in [4.78, 5) is 8.52. The van der Waals surface area contributed by atoms with E-state index in [1.165, 1.54) is 0 Å². The van der Waals surface area contributed by atoms with Gasteiger partial charge < -0.3 is 9.47 Å². The highest BCUT2D eigenvalue weighted by molar-refractivity contribution is 6.32. The third kappa shape index (κ3) is 3.90. The zero-order valence-corrected chi connectivity index (χ0v) is 13.7. The minimum Gasteiger partial charge on any atom is -0.489 e. The number of nitrogens with one attached hydrogen (secondary N) is 1. The Bertz CT molecular complexity index is 729. The van der Waals surface area contributed by atoms with E-state index in [-0.39, 0.29) is 0 Å². The first-order valence-electron chi connectivity index (χ1n) is 7.32. The van der Waals surface area contributed by atoms with Crippen LogP contribution < -0.4 is 14.9 Å². The first-order valence-corrected chi connectivity index (χ1v) is 7.70.